The zero-order valence-electron chi connectivity index (χ0n) is 18.1. The molecule has 0 saturated heterocycles. The number of carboxylic acids is 1. The van der Waals surface area contributed by atoms with Gasteiger partial charge in [0, 0.05) is 5.92 Å². The first kappa shape index (κ1) is 25.0. The molecule has 1 aliphatic rings. The van der Waals surface area contributed by atoms with Gasteiger partial charge in [-0.3, -0.25) is 4.90 Å². The Hall–Kier alpha value is -4.09. The third kappa shape index (κ3) is 4.97. The first-order valence-corrected chi connectivity index (χ1v) is 10.4. The van der Waals surface area contributed by atoms with Gasteiger partial charge in [0.05, 0.1) is 0 Å². The van der Waals surface area contributed by atoms with E-state index in [1.54, 1.807) is 36.4 Å². The Bertz CT molecular complexity index is 1280. The number of carbonyl (C=O) groups is 2. The quantitative estimate of drug-likeness (QED) is 0.419. The second kappa shape index (κ2) is 9.17. The number of hydrogen-bond donors (Lipinski definition) is 1. The molecular formula is C24H16F6N2O4. The Kier molecular flexibility index (Phi) is 6.37. The second-order valence-corrected chi connectivity index (χ2v) is 7.88. The Balaban J connectivity index is 1.69. The smallest absolute Gasteiger partial charge is 0.433 e. The molecule has 1 heterocycles. The van der Waals surface area contributed by atoms with Crippen LogP contribution in [-0.4, -0.2) is 41.5 Å². The van der Waals surface area contributed by atoms with Crippen LogP contribution in [0.5, 0.6) is 0 Å². The maximum absolute atomic E-state index is 13.3. The van der Waals surface area contributed by atoms with Crippen molar-refractivity contribution in [2.75, 3.05) is 18.1 Å². The molecule has 0 saturated carbocycles. The van der Waals surface area contributed by atoms with Crippen molar-refractivity contribution in [3.8, 4) is 11.1 Å². The lowest BCUT2D eigenvalue weighted by Crippen LogP contribution is -2.41. The van der Waals surface area contributed by atoms with Crippen molar-refractivity contribution >= 4 is 17.9 Å². The van der Waals surface area contributed by atoms with Crippen LogP contribution in [0.3, 0.4) is 0 Å². The van der Waals surface area contributed by atoms with Crippen LogP contribution < -0.4 is 4.90 Å². The largest absolute Gasteiger partial charge is 0.478 e. The molecule has 1 aromatic heterocycles. The van der Waals surface area contributed by atoms with Crippen molar-refractivity contribution in [1.29, 1.82) is 0 Å². The maximum atomic E-state index is 13.3. The van der Waals surface area contributed by atoms with Gasteiger partial charge in [0.2, 0.25) is 0 Å². The summed E-state index contributed by atoms with van der Waals surface area (Å²) in [5.41, 5.74) is 0.486. The fraction of sp³-hybridized carbons (Fsp3) is 0.208. The average molecular weight is 510 g/mol. The van der Waals surface area contributed by atoms with Gasteiger partial charge in [-0.05, 0) is 34.4 Å². The molecule has 0 radical (unpaired) electrons. The number of ether oxygens (including phenoxy) is 1. The molecule has 0 fully saturated rings. The summed E-state index contributed by atoms with van der Waals surface area (Å²) in [5.74, 6) is -3.75. The number of carboxylic acid groups (broad SMARTS) is 1. The number of aromatic carboxylic acids is 1. The minimum absolute atomic E-state index is 0.245. The SMILES string of the molecule is O=C(O)c1ccc(C(F)(F)F)nc1N(CC(F)(F)F)C(=O)OCC1c2ccccc2-c2ccccc21. The van der Waals surface area contributed by atoms with Crippen molar-refractivity contribution in [2.45, 2.75) is 18.3 Å². The van der Waals surface area contributed by atoms with E-state index in [9.17, 15) is 41.0 Å². The van der Waals surface area contributed by atoms with Crippen LogP contribution in [-0.2, 0) is 10.9 Å². The van der Waals surface area contributed by atoms with E-state index >= 15 is 0 Å². The first-order valence-electron chi connectivity index (χ1n) is 10.4. The molecule has 0 aliphatic heterocycles. The van der Waals surface area contributed by atoms with E-state index in [0.717, 1.165) is 22.3 Å². The molecule has 0 bridgehead atoms. The predicted molar refractivity (Wildman–Crippen MR) is 115 cm³/mol. The van der Waals surface area contributed by atoms with E-state index in [1.807, 2.05) is 12.1 Å². The molecule has 0 spiro atoms. The number of nitrogens with zero attached hydrogens (tertiary/aromatic N) is 2. The highest BCUT2D eigenvalue weighted by molar-refractivity contribution is 5.98. The van der Waals surface area contributed by atoms with Crippen molar-refractivity contribution in [3.63, 3.8) is 0 Å². The molecule has 6 nitrogen and oxygen atoms in total. The van der Waals surface area contributed by atoms with Crippen LogP contribution in [0.2, 0.25) is 0 Å². The van der Waals surface area contributed by atoms with Crippen molar-refractivity contribution < 1.29 is 45.8 Å². The van der Waals surface area contributed by atoms with E-state index in [4.69, 9.17) is 4.74 Å². The number of carbonyl (C=O) groups excluding carboxylic acids is 1. The van der Waals surface area contributed by atoms with Gasteiger partial charge in [-0.15, -0.1) is 0 Å². The lowest BCUT2D eigenvalue weighted by Gasteiger charge is -2.25. The van der Waals surface area contributed by atoms with E-state index in [2.05, 4.69) is 4.98 Å². The summed E-state index contributed by atoms with van der Waals surface area (Å²) >= 11 is 0. The molecule has 1 N–H and O–H groups in total. The Morgan fingerprint density at radius 2 is 1.44 bits per heavy atom. The molecule has 2 aromatic carbocycles. The summed E-state index contributed by atoms with van der Waals surface area (Å²) in [6.07, 6.45) is -11.9. The van der Waals surface area contributed by atoms with Crippen molar-refractivity contribution in [3.05, 3.63) is 83.0 Å². The average Bonchev–Trinajstić information content (AvgIpc) is 3.13. The molecule has 12 heteroatoms. The molecule has 36 heavy (non-hydrogen) atoms. The molecular weight excluding hydrogens is 494 g/mol. The minimum Gasteiger partial charge on any atom is -0.478 e. The lowest BCUT2D eigenvalue weighted by molar-refractivity contribution is -0.141. The fourth-order valence-corrected chi connectivity index (χ4v) is 4.06. The second-order valence-electron chi connectivity index (χ2n) is 7.88. The number of alkyl halides is 6. The Morgan fingerprint density at radius 3 is 1.94 bits per heavy atom. The summed E-state index contributed by atoms with van der Waals surface area (Å²) in [7, 11) is 0. The highest BCUT2D eigenvalue weighted by Gasteiger charge is 2.40. The summed E-state index contributed by atoms with van der Waals surface area (Å²) in [5, 5.41) is 9.33. The molecule has 188 valence electrons. The van der Waals surface area contributed by atoms with Crippen LogP contribution in [0.1, 0.15) is 33.1 Å². The number of amides is 1. The van der Waals surface area contributed by atoms with Crippen LogP contribution in [0.25, 0.3) is 11.1 Å². The number of pyridine rings is 1. The molecule has 0 unspecified atom stereocenters. The summed E-state index contributed by atoms with van der Waals surface area (Å²) in [6.45, 7) is -2.55. The van der Waals surface area contributed by atoms with Gasteiger partial charge >= 0.3 is 24.4 Å². The number of anilines is 1. The number of fused-ring (bicyclic) bond motifs is 3. The van der Waals surface area contributed by atoms with Crippen LogP contribution in [0.4, 0.5) is 37.0 Å². The first-order chi connectivity index (χ1) is 16.9. The van der Waals surface area contributed by atoms with Crippen molar-refractivity contribution in [1.82, 2.24) is 4.98 Å². The summed E-state index contributed by atoms with van der Waals surface area (Å²) in [6, 6.07) is 15.0. The normalized spacial score (nSPS) is 13.2. The standard InChI is InChI=1S/C24H16F6N2O4/c25-23(26,27)12-32(20-17(21(33)34)9-10-19(31-20)24(28,29)30)22(35)36-11-18-15-7-3-1-5-13(15)14-6-2-4-8-16(14)18/h1-10,18H,11-12H2,(H,33,34). The highest BCUT2D eigenvalue weighted by Crippen LogP contribution is 2.44. The number of rotatable bonds is 5. The monoisotopic (exact) mass is 510 g/mol. The van der Waals surface area contributed by atoms with E-state index < -0.39 is 60.6 Å². The topological polar surface area (TPSA) is 79.7 Å². The minimum atomic E-state index is -5.10. The van der Waals surface area contributed by atoms with Gasteiger partial charge in [0.15, 0.2) is 5.82 Å². The fourth-order valence-electron chi connectivity index (χ4n) is 4.06. The summed E-state index contributed by atoms with van der Waals surface area (Å²) < 4.78 is 84.6. The van der Waals surface area contributed by atoms with Crippen molar-refractivity contribution in [2.24, 2.45) is 0 Å². The van der Waals surface area contributed by atoms with Gasteiger partial charge in [-0.25, -0.2) is 14.6 Å². The number of benzene rings is 2. The zero-order valence-corrected chi connectivity index (χ0v) is 18.1. The van der Waals surface area contributed by atoms with Crippen LogP contribution in [0, 0.1) is 0 Å². The third-order valence-electron chi connectivity index (χ3n) is 5.55. The lowest BCUT2D eigenvalue weighted by atomic mass is 9.98. The molecule has 1 aliphatic carbocycles. The van der Waals surface area contributed by atoms with Gasteiger partial charge in [0.1, 0.15) is 24.4 Å². The van der Waals surface area contributed by atoms with Gasteiger partial charge in [0.25, 0.3) is 0 Å². The van der Waals surface area contributed by atoms with Crippen LogP contribution in [0.15, 0.2) is 60.7 Å². The van der Waals surface area contributed by atoms with Gasteiger partial charge in [-0.2, -0.15) is 26.3 Å². The zero-order chi connectivity index (χ0) is 26.3. The highest BCUT2D eigenvalue weighted by atomic mass is 19.4. The molecule has 3 aromatic rings. The maximum Gasteiger partial charge on any atom is 0.433 e. The Morgan fingerprint density at radius 1 is 0.889 bits per heavy atom. The van der Waals surface area contributed by atoms with E-state index in [-0.39, 0.29) is 4.90 Å². The van der Waals surface area contributed by atoms with E-state index in [0.29, 0.717) is 12.1 Å². The number of hydrogen-bond acceptors (Lipinski definition) is 4. The molecule has 0 atom stereocenters. The molecule has 1 amide bonds. The number of halogens is 6. The predicted octanol–water partition coefficient (Wildman–Crippen LogP) is 6.12. The summed E-state index contributed by atoms with van der Waals surface area (Å²) in [4.78, 5) is 27.2. The molecule has 4 rings (SSSR count). The third-order valence-corrected chi connectivity index (χ3v) is 5.55. The Labute approximate surface area is 199 Å². The van der Waals surface area contributed by atoms with Gasteiger partial charge in [-0.1, -0.05) is 48.5 Å². The number of aromatic nitrogens is 1. The van der Waals surface area contributed by atoms with Gasteiger partial charge < -0.3 is 9.84 Å². The van der Waals surface area contributed by atoms with E-state index in [1.165, 1.54) is 0 Å². The van der Waals surface area contributed by atoms with Crippen LogP contribution >= 0.6 is 0 Å².